The Kier molecular flexibility index (Phi) is 7.24. The zero-order valence-electron chi connectivity index (χ0n) is 22.4. The lowest BCUT2D eigenvalue weighted by atomic mass is 9.93. The summed E-state index contributed by atoms with van der Waals surface area (Å²) in [5.41, 5.74) is 2.81. The van der Waals surface area contributed by atoms with Crippen LogP contribution in [0.3, 0.4) is 0 Å². The van der Waals surface area contributed by atoms with Gasteiger partial charge in [-0.05, 0) is 36.8 Å². The van der Waals surface area contributed by atoms with E-state index in [0.29, 0.717) is 37.7 Å². The predicted molar refractivity (Wildman–Crippen MR) is 159 cm³/mol. The number of aromatic carboxylic acids is 1. The number of carboxylic acids is 1. The number of fused-ring (bicyclic) bond motifs is 1. The molecule has 5 aromatic rings. The zero-order valence-corrected chi connectivity index (χ0v) is 23.2. The summed E-state index contributed by atoms with van der Waals surface area (Å²) in [6.07, 6.45) is 1.65. The highest BCUT2D eigenvalue weighted by Crippen LogP contribution is 2.35. The van der Waals surface area contributed by atoms with Crippen LogP contribution in [0.25, 0.3) is 23.1 Å². The SMILES string of the molecule is CCOC(=O)C1=C(c2ccccc2)N=c2sc(=Cc3ccc(-c4ccc(C(=O)O)cc4)o3)c(=O)n2C1c1ccccc1. The van der Waals surface area contributed by atoms with E-state index in [1.54, 1.807) is 41.8 Å². The van der Waals surface area contributed by atoms with Gasteiger partial charge < -0.3 is 14.3 Å². The largest absolute Gasteiger partial charge is 0.478 e. The third-order valence-corrected chi connectivity index (χ3v) is 7.79. The predicted octanol–water partition coefficient (Wildman–Crippen LogP) is 4.89. The van der Waals surface area contributed by atoms with Crippen molar-refractivity contribution in [3.8, 4) is 11.3 Å². The number of benzene rings is 3. The molecule has 0 saturated heterocycles. The van der Waals surface area contributed by atoms with Crippen LogP contribution in [-0.4, -0.2) is 28.2 Å². The molecule has 0 saturated carbocycles. The lowest BCUT2D eigenvalue weighted by Gasteiger charge is -2.25. The smallest absolute Gasteiger partial charge is 0.338 e. The van der Waals surface area contributed by atoms with Crippen molar-refractivity contribution in [1.82, 2.24) is 4.57 Å². The summed E-state index contributed by atoms with van der Waals surface area (Å²) in [6.45, 7) is 1.92. The van der Waals surface area contributed by atoms with E-state index in [1.807, 2.05) is 60.7 Å². The van der Waals surface area contributed by atoms with Gasteiger partial charge in [-0.3, -0.25) is 9.36 Å². The number of carboxylic acid groups (broad SMARTS) is 1. The molecule has 1 unspecified atom stereocenters. The fourth-order valence-corrected chi connectivity index (χ4v) is 5.86. The first-order valence-corrected chi connectivity index (χ1v) is 14.0. The number of ether oxygens (including phenoxy) is 1. The fourth-order valence-electron chi connectivity index (χ4n) is 4.88. The molecular weight excluding hydrogens is 552 g/mol. The van der Waals surface area contributed by atoms with Crippen molar-refractivity contribution in [3.05, 3.63) is 145 Å². The number of nitrogens with zero attached hydrogens (tertiary/aromatic N) is 2. The van der Waals surface area contributed by atoms with Gasteiger partial charge in [0.05, 0.1) is 34.0 Å². The number of esters is 1. The molecule has 0 spiro atoms. The summed E-state index contributed by atoms with van der Waals surface area (Å²) < 4.78 is 13.4. The summed E-state index contributed by atoms with van der Waals surface area (Å²) >= 11 is 1.21. The highest BCUT2D eigenvalue weighted by atomic mass is 32.1. The van der Waals surface area contributed by atoms with E-state index in [2.05, 4.69) is 0 Å². The van der Waals surface area contributed by atoms with Crippen molar-refractivity contribution < 1.29 is 23.8 Å². The number of thiazole rings is 1. The fraction of sp³-hybridized carbons (Fsp3) is 0.0909. The molecule has 3 heterocycles. The van der Waals surface area contributed by atoms with Gasteiger partial charge in [-0.15, -0.1) is 0 Å². The van der Waals surface area contributed by atoms with Crippen molar-refractivity contribution in [3.63, 3.8) is 0 Å². The molecule has 0 aliphatic carbocycles. The Morgan fingerprint density at radius 2 is 1.64 bits per heavy atom. The Hall–Kier alpha value is -5.28. The van der Waals surface area contributed by atoms with Gasteiger partial charge in [-0.1, -0.05) is 84.1 Å². The molecule has 9 heteroatoms. The van der Waals surface area contributed by atoms with Crippen LogP contribution in [0, 0.1) is 0 Å². The molecule has 42 heavy (non-hydrogen) atoms. The van der Waals surface area contributed by atoms with Gasteiger partial charge in [0.15, 0.2) is 4.80 Å². The molecule has 8 nitrogen and oxygen atoms in total. The Morgan fingerprint density at radius 3 is 2.31 bits per heavy atom. The van der Waals surface area contributed by atoms with E-state index >= 15 is 0 Å². The number of hydrogen-bond donors (Lipinski definition) is 1. The molecule has 0 radical (unpaired) electrons. The first-order chi connectivity index (χ1) is 20.4. The topological polar surface area (TPSA) is 111 Å². The maximum absolute atomic E-state index is 14.0. The molecule has 0 fully saturated rings. The molecule has 1 aliphatic rings. The number of carbonyl (C=O) groups excluding carboxylic acids is 1. The van der Waals surface area contributed by atoms with E-state index in [9.17, 15) is 14.4 Å². The van der Waals surface area contributed by atoms with E-state index in [4.69, 9.17) is 19.3 Å². The van der Waals surface area contributed by atoms with E-state index in [1.165, 1.54) is 23.5 Å². The van der Waals surface area contributed by atoms with Crippen molar-refractivity contribution in [2.45, 2.75) is 13.0 Å². The minimum Gasteiger partial charge on any atom is -0.478 e. The maximum atomic E-state index is 14.0. The summed E-state index contributed by atoms with van der Waals surface area (Å²) in [4.78, 5) is 43.9. The zero-order chi connectivity index (χ0) is 29.2. The van der Waals surface area contributed by atoms with Crippen LogP contribution in [0.1, 0.15) is 40.2 Å². The Labute approximate surface area is 243 Å². The van der Waals surface area contributed by atoms with Crippen LogP contribution in [0.2, 0.25) is 0 Å². The van der Waals surface area contributed by atoms with Gasteiger partial charge in [0.2, 0.25) is 0 Å². The van der Waals surface area contributed by atoms with Crippen LogP contribution in [0.15, 0.2) is 117 Å². The van der Waals surface area contributed by atoms with Gasteiger partial charge in [0.25, 0.3) is 5.56 Å². The van der Waals surface area contributed by atoms with Crippen LogP contribution >= 0.6 is 11.3 Å². The third kappa shape index (κ3) is 5.02. The molecule has 1 aliphatic heterocycles. The highest BCUT2D eigenvalue weighted by molar-refractivity contribution is 7.07. The standard InChI is InChI=1S/C33H24N2O6S/c1-2-40-32(39)27-28(21-9-5-3-6-10-21)34-33-35(29(27)22-11-7-4-8-12-22)30(36)26(42-33)19-24-17-18-25(41-24)20-13-15-23(16-14-20)31(37)38/h3-19,29H,2H2,1H3,(H,37,38). The molecule has 1 N–H and O–H groups in total. The first kappa shape index (κ1) is 26.9. The van der Waals surface area contributed by atoms with Crippen LogP contribution in [0.4, 0.5) is 0 Å². The van der Waals surface area contributed by atoms with Gasteiger partial charge >= 0.3 is 11.9 Å². The maximum Gasteiger partial charge on any atom is 0.338 e. The summed E-state index contributed by atoms with van der Waals surface area (Å²) in [5, 5.41) is 9.16. The molecule has 0 amide bonds. The molecular formula is C33H24N2O6S. The van der Waals surface area contributed by atoms with Gasteiger partial charge in [0.1, 0.15) is 11.5 Å². The van der Waals surface area contributed by atoms with E-state index < -0.39 is 18.0 Å². The normalized spacial score (nSPS) is 14.8. The lowest BCUT2D eigenvalue weighted by Crippen LogP contribution is -2.39. The summed E-state index contributed by atoms with van der Waals surface area (Å²) in [7, 11) is 0. The Bertz CT molecular complexity index is 2000. The second kappa shape index (κ2) is 11.3. The molecule has 2 aromatic heterocycles. The van der Waals surface area contributed by atoms with Gasteiger partial charge in [-0.2, -0.15) is 0 Å². The molecule has 3 aromatic carbocycles. The van der Waals surface area contributed by atoms with Crippen LogP contribution in [0.5, 0.6) is 0 Å². The van der Waals surface area contributed by atoms with Crippen molar-refractivity contribution in [1.29, 1.82) is 0 Å². The van der Waals surface area contributed by atoms with Crippen LogP contribution < -0.4 is 14.9 Å². The van der Waals surface area contributed by atoms with Crippen LogP contribution in [-0.2, 0) is 9.53 Å². The molecule has 6 rings (SSSR count). The highest BCUT2D eigenvalue weighted by Gasteiger charge is 2.35. The Balaban J connectivity index is 1.51. The molecule has 208 valence electrons. The first-order valence-electron chi connectivity index (χ1n) is 13.2. The monoisotopic (exact) mass is 576 g/mol. The Morgan fingerprint density at radius 1 is 0.952 bits per heavy atom. The quantitative estimate of drug-likeness (QED) is 0.276. The second-order valence-electron chi connectivity index (χ2n) is 9.43. The number of aromatic nitrogens is 1. The minimum atomic E-state index is -1.01. The summed E-state index contributed by atoms with van der Waals surface area (Å²) in [6, 6.07) is 27.9. The average Bonchev–Trinajstić information content (AvgIpc) is 3.61. The minimum absolute atomic E-state index is 0.177. The number of rotatable bonds is 7. The van der Waals surface area contributed by atoms with Crippen molar-refractivity contribution in [2.75, 3.05) is 6.61 Å². The number of hydrogen-bond acceptors (Lipinski definition) is 7. The van der Waals surface area contributed by atoms with Gasteiger partial charge in [0, 0.05) is 17.2 Å². The van der Waals surface area contributed by atoms with Crippen molar-refractivity contribution in [2.24, 2.45) is 4.99 Å². The van der Waals surface area contributed by atoms with E-state index in [0.717, 1.165) is 11.1 Å². The number of carbonyl (C=O) groups is 2. The van der Waals surface area contributed by atoms with E-state index in [-0.39, 0.29) is 17.7 Å². The van der Waals surface area contributed by atoms with Gasteiger partial charge in [-0.25, -0.2) is 14.6 Å². The average molecular weight is 577 g/mol. The lowest BCUT2D eigenvalue weighted by molar-refractivity contribution is -0.138. The summed E-state index contributed by atoms with van der Waals surface area (Å²) in [5.74, 6) is -0.564. The second-order valence-corrected chi connectivity index (χ2v) is 10.4. The molecule has 0 bridgehead atoms. The number of furan rings is 1. The molecule has 1 atom stereocenters. The third-order valence-electron chi connectivity index (χ3n) is 6.81. The van der Waals surface area contributed by atoms with Crippen molar-refractivity contribution >= 4 is 35.0 Å².